The number of hydrogen-bond acceptors (Lipinski definition) is 6. The molecular formula is C14H14N4O4S. The fourth-order valence-electron chi connectivity index (χ4n) is 1.63. The number of carboxylic acids is 1. The van der Waals surface area contributed by atoms with E-state index in [0.29, 0.717) is 17.1 Å². The van der Waals surface area contributed by atoms with Crippen molar-refractivity contribution >= 4 is 34.3 Å². The van der Waals surface area contributed by atoms with Crippen molar-refractivity contribution in [1.29, 1.82) is 0 Å². The van der Waals surface area contributed by atoms with Crippen LogP contribution in [0, 0.1) is 0 Å². The first-order chi connectivity index (χ1) is 11.1. The minimum atomic E-state index is -0.909. The fourth-order valence-corrected chi connectivity index (χ4v) is 2.32. The van der Waals surface area contributed by atoms with E-state index in [1.165, 1.54) is 11.6 Å². The molecule has 2 amide bonds. The average Bonchev–Trinajstić information content (AvgIpc) is 3.00. The molecule has 23 heavy (non-hydrogen) atoms. The molecule has 0 aliphatic carbocycles. The van der Waals surface area contributed by atoms with Crippen LogP contribution < -0.4 is 10.6 Å². The third-order valence-electron chi connectivity index (χ3n) is 2.73. The molecule has 9 heteroatoms. The number of nitrogens with one attached hydrogen (secondary N) is 2. The number of hydrogen-bond donors (Lipinski definition) is 3. The smallest absolute Gasteiger partial charge is 0.303 e. The summed E-state index contributed by atoms with van der Waals surface area (Å²) in [4.78, 5) is 42.0. The maximum atomic E-state index is 11.9. The zero-order chi connectivity index (χ0) is 16.7. The van der Waals surface area contributed by atoms with Gasteiger partial charge in [-0.25, -0.2) is 4.98 Å². The van der Waals surface area contributed by atoms with Crippen LogP contribution in [0.4, 0.5) is 5.13 Å². The second-order valence-electron chi connectivity index (χ2n) is 4.49. The second-order valence-corrected chi connectivity index (χ2v) is 5.35. The topological polar surface area (TPSA) is 121 Å². The number of rotatable bonds is 7. The number of nitrogens with zero attached hydrogens (tertiary/aromatic N) is 2. The molecule has 0 aliphatic rings. The lowest BCUT2D eigenvalue weighted by molar-refractivity contribution is -0.137. The van der Waals surface area contributed by atoms with Crippen molar-refractivity contribution in [3.05, 3.63) is 41.2 Å². The highest BCUT2D eigenvalue weighted by Crippen LogP contribution is 2.16. The van der Waals surface area contributed by atoms with Crippen LogP contribution in [-0.2, 0) is 4.79 Å². The predicted octanol–water partition coefficient (Wildman–Crippen LogP) is 1.39. The number of thiazole rings is 1. The van der Waals surface area contributed by atoms with Gasteiger partial charge in [-0.3, -0.25) is 24.7 Å². The molecule has 0 aromatic carbocycles. The summed E-state index contributed by atoms with van der Waals surface area (Å²) in [6.45, 7) is 0.250. The molecule has 2 heterocycles. The van der Waals surface area contributed by atoms with Crippen LogP contribution in [0.5, 0.6) is 0 Å². The van der Waals surface area contributed by atoms with Gasteiger partial charge in [-0.05, 0) is 18.6 Å². The van der Waals surface area contributed by atoms with E-state index in [1.54, 1.807) is 18.3 Å². The molecule has 3 N–H and O–H groups in total. The van der Waals surface area contributed by atoms with Gasteiger partial charge in [0.1, 0.15) is 5.69 Å². The number of carbonyl (C=O) groups excluding carboxylic acids is 2. The maximum Gasteiger partial charge on any atom is 0.303 e. The monoisotopic (exact) mass is 334 g/mol. The quantitative estimate of drug-likeness (QED) is 0.658. The summed E-state index contributed by atoms with van der Waals surface area (Å²) in [5.41, 5.74) is 0.564. The molecule has 0 atom stereocenters. The van der Waals surface area contributed by atoms with Crippen molar-refractivity contribution in [3.63, 3.8) is 0 Å². The molecule has 0 aliphatic heterocycles. The Morgan fingerprint density at radius 1 is 1.26 bits per heavy atom. The Bertz CT molecular complexity index is 702. The molecule has 0 unspecified atom stereocenters. The highest BCUT2D eigenvalue weighted by molar-refractivity contribution is 7.14. The van der Waals surface area contributed by atoms with E-state index in [2.05, 4.69) is 20.6 Å². The first-order valence-corrected chi connectivity index (χ1v) is 7.61. The van der Waals surface area contributed by atoms with Gasteiger partial charge in [0.15, 0.2) is 5.13 Å². The third-order valence-corrected chi connectivity index (χ3v) is 3.49. The Kier molecular flexibility index (Phi) is 5.75. The number of carboxylic acid groups (broad SMARTS) is 1. The highest BCUT2D eigenvalue weighted by atomic mass is 32.1. The van der Waals surface area contributed by atoms with E-state index in [9.17, 15) is 14.4 Å². The van der Waals surface area contributed by atoms with Gasteiger partial charge in [-0.15, -0.1) is 11.3 Å². The predicted molar refractivity (Wildman–Crippen MR) is 83.5 cm³/mol. The first kappa shape index (κ1) is 16.6. The van der Waals surface area contributed by atoms with Crippen molar-refractivity contribution < 1.29 is 19.5 Å². The Morgan fingerprint density at radius 3 is 2.78 bits per heavy atom. The minimum absolute atomic E-state index is 0.0102. The Labute approximate surface area is 135 Å². The van der Waals surface area contributed by atoms with Crippen molar-refractivity contribution in [2.75, 3.05) is 11.9 Å². The largest absolute Gasteiger partial charge is 0.481 e. The maximum absolute atomic E-state index is 11.9. The summed E-state index contributed by atoms with van der Waals surface area (Å²) in [7, 11) is 0. The normalized spacial score (nSPS) is 10.1. The summed E-state index contributed by atoms with van der Waals surface area (Å²) in [5, 5.41) is 15.5. The number of amides is 2. The number of aliphatic carboxylic acids is 1. The van der Waals surface area contributed by atoms with Crippen LogP contribution in [0.1, 0.15) is 33.7 Å². The van der Waals surface area contributed by atoms with Gasteiger partial charge in [-0.2, -0.15) is 0 Å². The molecule has 0 bridgehead atoms. The van der Waals surface area contributed by atoms with E-state index >= 15 is 0 Å². The molecule has 120 valence electrons. The van der Waals surface area contributed by atoms with Crippen molar-refractivity contribution in [2.45, 2.75) is 12.8 Å². The number of anilines is 1. The van der Waals surface area contributed by atoms with Crippen molar-refractivity contribution in [3.8, 4) is 0 Å². The first-order valence-electron chi connectivity index (χ1n) is 6.73. The summed E-state index contributed by atoms with van der Waals surface area (Å²) in [5.74, 6) is -1.68. The molecule has 0 radical (unpaired) electrons. The molecule has 8 nitrogen and oxygen atoms in total. The van der Waals surface area contributed by atoms with Crippen LogP contribution in [0.25, 0.3) is 0 Å². The summed E-state index contributed by atoms with van der Waals surface area (Å²) in [6.07, 6.45) is 3.32. The van der Waals surface area contributed by atoms with E-state index < -0.39 is 11.9 Å². The van der Waals surface area contributed by atoms with Crippen LogP contribution in [-0.4, -0.2) is 39.4 Å². The minimum Gasteiger partial charge on any atom is -0.481 e. The van der Waals surface area contributed by atoms with Gasteiger partial charge in [-0.1, -0.05) is 0 Å². The van der Waals surface area contributed by atoms with Crippen LogP contribution in [0.3, 0.4) is 0 Å². The summed E-state index contributed by atoms with van der Waals surface area (Å²) < 4.78 is 0. The van der Waals surface area contributed by atoms with Gasteiger partial charge in [0.25, 0.3) is 11.8 Å². The second kappa shape index (κ2) is 7.99. The van der Waals surface area contributed by atoms with Crippen molar-refractivity contribution in [2.24, 2.45) is 0 Å². The zero-order valence-corrected chi connectivity index (χ0v) is 12.8. The van der Waals surface area contributed by atoms with Gasteiger partial charge in [0, 0.05) is 30.7 Å². The lowest BCUT2D eigenvalue weighted by Crippen LogP contribution is -2.25. The lowest BCUT2D eigenvalue weighted by Gasteiger charge is -2.02. The third kappa shape index (κ3) is 5.15. The van der Waals surface area contributed by atoms with Crippen LogP contribution >= 0.6 is 11.3 Å². The van der Waals surface area contributed by atoms with Gasteiger partial charge >= 0.3 is 5.97 Å². The Balaban J connectivity index is 1.86. The highest BCUT2D eigenvalue weighted by Gasteiger charge is 2.13. The van der Waals surface area contributed by atoms with Crippen LogP contribution in [0.2, 0.25) is 0 Å². The number of aromatic nitrogens is 2. The molecule has 2 aromatic rings. The molecule has 2 rings (SSSR count). The standard InChI is InChI=1S/C14H14N4O4S/c19-11(20)4-2-6-16-13(22)10-8-23-14(17-10)18-12(21)9-3-1-5-15-7-9/h1,3,5,7-8H,2,4,6H2,(H,16,22)(H,19,20)(H,17,18,21). The van der Waals surface area contributed by atoms with Gasteiger partial charge < -0.3 is 10.4 Å². The van der Waals surface area contributed by atoms with Gasteiger partial charge in [0.2, 0.25) is 0 Å². The van der Waals surface area contributed by atoms with E-state index in [0.717, 1.165) is 11.3 Å². The van der Waals surface area contributed by atoms with Gasteiger partial charge in [0.05, 0.1) is 5.56 Å². The summed E-state index contributed by atoms with van der Waals surface area (Å²) >= 11 is 1.13. The molecule has 2 aromatic heterocycles. The molecule has 0 saturated heterocycles. The van der Waals surface area contributed by atoms with E-state index in [1.807, 2.05) is 0 Å². The average molecular weight is 334 g/mol. The fraction of sp³-hybridized carbons (Fsp3) is 0.214. The van der Waals surface area contributed by atoms with Crippen LogP contribution in [0.15, 0.2) is 29.9 Å². The molecule has 0 saturated carbocycles. The Morgan fingerprint density at radius 2 is 2.09 bits per heavy atom. The molecular weight excluding hydrogens is 320 g/mol. The van der Waals surface area contributed by atoms with Crippen molar-refractivity contribution in [1.82, 2.24) is 15.3 Å². The van der Waals surface area contributed by atoms with E-state index in [-0.39, 0.29) is 24.6 Å². The Hall–Kier alpha value is -2.81. The molecule has 0 fully saturated rings. The SMILES string of the molecule is O=C(O)CCCNC(=O)c1csc(NC(=O)c2cccnc2)n1. The number of carbonyl (C=O) groups is 3. The summed E-state index contributed by atoms with van der Waals surface area (Å²) in [6, 6.07) is 3.26. The lowest BCUT2D eigenvalue weighted by atomic mass is 10.3. The molecule has 0 spiro atoms. The van der Waals surface area contributed by atoms with E-state index in [4.69, 9.17) is 5.11 Å². The number of pyridine rings is 1. The zero-order valence-electron chi connectivity index (χ0n) is 12.0.